The maximum atomic E-state index is 13.5. The summed E-state index contributed by atoms with van der Waals surface area (Å²) < 4.78 is 0. The van der Waals surface area contributed by atoms with Crippen LogP contribution in [0.3, 0.4) is 0 Å². The number of nitrogens with zero attached hydrogens (tertiary/aromatic N) is 3. The Hall–Kier alpha value is -4.19. The number of hydrogen-bond donors (Lipinski definition) is 1. The monoisotopic (exact) mass is 439 g/mol. The van der Waals surface area contributed by atoms with E-state index in [1.54, 1.807) is 12.1 Å². The van der Waals surface area contributed by atoms with Crippen LogP contribution in [0, 0.1) is 4.91 Å². The molecule has 1 N–H and O–H groups in total. The average Bonchev–Trinajstić information content (AvgIpc) is 2.82. The van der Waals surface area contributed by atoms with Crippen molar-refractivity contribution < 1.29 is 9.90 Å². The number of fused-ring (bicyclic) bond motifs is 2. The molecule has 0 bridgehead atoms. The van der Waals surface area contributed by atoms with Crippen molar-refractivity contribution in [3.05, 3.63) is 94.5 Å². The molecule has 33 heavy (non-hydrogen) atoms. The zero-order chi connectivity index (χ0) is 23.7. The largest absolute Gasteiger partial charge is 0.505 e. The van der Waals surface area contributed by atoms with Gasteiger partial charge in [0.2, 0.25) is 5.78 Å². The number of Topliss-reactive ketones (excluding diaryl/α,β-unsaturated/α-hetero) is 1. The molecule has 0 unspecified atom stereocenters. The summed E-state index contributed by atoms with van der Waals surface area (Å²) in [6, 6.07) is 22.1. The van der Waals surface area contributed by atoms with Gasteiger partial charge in [-0.2, -0.15) is 0 Å². The highest BCUT2D eigenvalue weighted by atomic mass is 16.3. The Morgan fingerprint density at radius 2 is 1.09 bits per heavy atom. The quantitative estimate of drug-likeness (QED) is 0.173. The fourth-order valence-electron chi connectivity index (χ4n) is 4.20. The van der Waals surface area contributed by atoms with Gasteiger partial charge in [0, 0.05) is 61.5 Å². The summed E-state index contributed by atoms with van der Waals surface area (Å²) >= 11 is 0. The molecule has 4 rings (SSSR count). The SMILES string of the molecule is CN(C)c1ccc(C(=O)C(N=O)=C(O)c2ccc(N(C)C)c3ccccc23)c2ccccc12. The fraction of sp³-hybridized carbons (Fsp3) is 0.148. The van der Waals surface area contributed by atoms with Crippen LogP contribution in [-0.2, 0) is 0 Å². The van der Waals surface area contributed by atoms with E-state index >= 15 is 0 Å². The molecule has 6 heteroatoms. The summed E-state index contributed by atoms with van der Waals surface area (Å²) in [4.78, 5) is 29.2. The Bertz CT molecular complexity index is 1420. The number of anilines is 2. The van der Waals surface area contributed by atoms with Gasteiger partial charge in [-0.05, 0) is 40.2 Å². The molecule has 0 heterocycles. The molecule has 4 aromatic rings. The number of carbonyl (C=O) groups is 1. The summed E-state index contributed by atoms with van der Waals surface area (Å²) in [5.41, 5.74) is 2.08. The molecule has 0 saturated heterocycles. The molecule has 0 aromatic heterocycles. The Morgan fingerprint density at radius 1 is 0.667 bits per heavy atom. The highest BCUT2D eigenvalue weighted by molar-refractivity contribution is 6.20. The predicted octanol–water partition coefficient (Wildman–Crippen LogP) is 6.00. The third-order valence-corrected chi connectivity index (χ3v) is 5.80. The molecule has 4 aromatic carbocycles. The van der Waals surface area contributed by atoms with Crippen LogP contribution in [0.15, 0.2) is 83.7 Å². The third kappa shape index (κ3) is 3.80. The van der Waals surface area contributed by atoms with Crippen molar-refractivity contribution >= 4 is 44.5 Å². The lowest BCUT2D eigenvalue weighted by Gasteiger charge is -2.18. The van der Waals surface area contributed by atoms with Gasteiger partial charge < -0.3 is 14.9 Å². The minimum Gasteiger partial charge on any atom is -0.505 e. The summed E-state index contributed by atoms with van der Waals surface area (Å²) in [5, 5.41) is 17.3. The van der Waals surface area contributed by atoms with Gasteiger partial charge in [-0.25, -0.2) is 0 Å². The van der Waals surface area contributed by atoms with E-state index in [9.17, 15) is 14.8 Å². The molecule has 0 spiro atoms. The molecule has 0 atom stereocenters. The van der Waals surface area contributed by atoms with E-state index in [4.69, 9.17) is 0 Å². The number of ketones is 1. The van der Waals surface area contributed by atoms with E-state index in [2.05, 4.69) is 5.18 Å². The van der Waals surface area contributed by atoms with Crippen LogP contribution >= 0.6 is 0 Å². The third-order valence-electron chi connectivity index (χ3n) is 5.80. The van der Waals surface area contributed by atoms with E-state index < -0.39 is 17.2 Å². The first-order chi connectivity index (χ1) is 15.8. The molecule has 6 nitrogen and oxygen atoms in total. The van der Waals surface area contributed by atoms with Crippen molar-refractivity contribution in [2.75, 3.05) is 38.0 Å². The Balaban J connectivity index is 1.92. The van der Waals surface area contributed by atoms with Crippen LogP contribution in [0.2, 0.25) is 0 Å². The highest BCUT2D eigenvalue weighted by Crippen LogP contribution is 2.35. The number of rotatable bonds is 6. The zero-order valence-electron chi connectivity index (χ0n) is 19.0. The molecule has 0 fully saturated rings. The Kier molecular flexibility index (Phi) is 5.84. The van der Waals surface area contributed by atoms with Gasteiger partial charge in [-0.15, -0.1) is 4.91 Å². The summed E-state index contributed by atoms with van der Waals surface area (Å²) in [7, 11) is 7.72. The normalized spacial score (nSPS) is 11.9. The van der Waals surface area contributed by atoms with Gasteiger partial charge in [-0.1, -0.05) is 48.5 Å². The first-order valence-electron chi connectivity index (χ1n) is 10.5. The van der Waals surface area contributed by atoms with Gasteiger partial charge in [0.25, 0.3) is 0 Å². The molecule has 0 aliphatic carbocycles. The van der Waals surface area contributed by atoms with E-state index in [0.29, 0.717) is 16.5 Å². The van der Waals surface area contributed by atoms with Crippen LogP contribution in [0.25, 0.3) is 27.3 Å². The molecule has 0 aliphatic rings. The van der Waals surface area contributed by atoms with Crippen molar-refractivity contribution in [3.63, 3.8) is 0 Å². The van der Waals surface area contributed by atoms with E-state index in [1.165, 1.54) is 0 Å². The number of aliphatic hydroxyl groups is 1. The summed E-state index contributed by atoms with van der Waals surface area (Å²) in [5.74, 6) is -1.05. The number of aliphatic hydroxyl groups excluding tert-OH is 1. The minimum atomic E-state index is -0.621. The van der Waals surface area contributed by atoms with Gasteiger partial charge in [-0.3, -0.25) is 4.79 Å². The predicted molar refractivity (Wildman–Crippen MR) is 136 cm³/mol. The highest BCUT2D eigenvalue weighted by Gasteiger charge is 2.24. The molecule has 0 radical (unpaired) electrons. The number of hydrogen-bond acceptors (Lipinski definition) is 6. The topological polar surface area (TPSA) is 73.2 Å². The summed E-state index contributed by atoms with van der Waals surface area (Å²) in [6.45, 7) is 0. The van der Waals surface area contributed by atoms with Crippen LogP contribution in [0.5, 0.6) is 0 Å². The van der Waals surface area contributed by atoms with E-state index in [1.807, 2.05) is 98.7 Å². The molecule has 166 valence electrons. The Morgan fingerprint density at radius 3 is 1.55 bits per heavy atom. The number of nitroso groups, excluding NO2 is 1. The number of benzene rings is 4. The second-order valence-electron chi connectivity index (χ2n) is 8.26. The Labute approximate surface area is 192 Å². The van der Waals surface area contributed by atoms with Crippen molar-refractivity contribution in [2.45, 2.75) is 0 Å². The second kappa shape index (κ2) is 8.74. The standard InChI is InChI=1S/C27H25N3O3/c1-29(2)23-15-13-21(17-9-5-7-11-19(17)23)26(31)25(28-33)27(32)22-14-16-24(30(3)4)20-12-8-6-10-18(20)22/h5-16,31H,1-4H3. The van der Waals surface area contributed by atoms with Crippen molar-refractivity contribution in [1.82, 2.24) is 0 Å². The van der Waals surface area contributed by atoms with E-state index in [-0.39, 0.29) is 0 Å². The first-order valence-corrected chi connectivity index (χ1v) is 10.5. The first kappa shape index (κ1) is 22.0. The van der Waals surface area contributed by atoms with Crippen LogP contribution in [0.4, 0.5) is 11.4 Å². The number of carbonyl (C=O) groups excluding carboxylic acids is 1. The van der Waals surface area contributed by atoms with Crippen molar-refractivity contribution in [1.29, 1.82) is 0 Å². The molecule has 0 amide bonds. The maximum Gasteiger partial charge on any atom is 0.219 e. The molecule has 0 saturated carbocycles. The maximum absolute atomic E-state index is 13.5. The van der Waals surface area contributed by atoms with Gasteiger partial charge in [0.1, 0.15) is 0 Å². The average molecular weight is 440 g/mol. The van der Waals surface area contributed by atoms with Crippen LogP contribution in [-0.4, -0.2) is 39.1 Å². The molecule has 0 aliphatic heterocycles. The number of allylic oxidation sites excluding steroid dienone is 1. The zero-order valence-corrected chi connectivity index (χ0v) is 19.0. The van der Waals surface area contributed by atoms with E-state index in [0.717, 1.165) is 27.5 Å². The molecular formula is C27H25N3O3. The lowest BCUT2D eigenvalue weighted by atomic mass is 9.95. The summed E-state index contributed by atoms with van der Waals surface area (Å²) in [6.07, 6.45) is 0. The lowest BCUT2D eigenvalue weighted by molar-refractivity contribution is 0.103. The van der Waals surface area contributed by atoms with Crippen LogP contribution < -0.4 is 9.80 Å². The lowest BCUT2D eigenvalue weighted by Crippen LogP contribution is -2.11. The minimum absolute atomic E-state index is 0.312. The molecular weight excluding hydrogens is 414 g/mol. The fourth-order valence-corrected chi connectivity index (χ4v) is 4.20. The smallest absolute Gasteiger partial charge is 0.219 e. The second-order valence-corrected chi connectivity index (χ2v) is 8.26. The van der Waals surface area contributed by atoms with Crippen molar-refractivity contribution in [3.8, 4) is 0 Å². The van der Waals surface area contributed by atoms with Gasteiger partial charge in [0.05, 0.1) is 0 Å². The van der Waals surface area contributed by atoms with Gasteiger partial charge in [0.15, 0.2) is 11.5 Å². The van der Waals surface area contributed by atoms with Crippen molar-refractivity contribution in [2.24, 2.45) is 5.18 Å². The van der Waals surface area contributed by atoms with Crippen LogP contribution in [0.1, 0.15) is 15.9 Å². The van der Waals surface area contributed by atoms with Gasteiger partial charge >= 0.3 is 0 Å².